The number of carbonyl (C=O) groups excluding carboxylic acids is 1. The summed E-state index contributed by atoms with van der Waals surface area (Å²) < 4.78 is 4.77. The van der Waals surface area contributed by atoms with E-state index < -0.39 is 6.09 Å². The number of fused-ring (bicyclic) bond motifs is 3. The topological polar surface area (TPSA) is 81.0 Å². The van der Waals surface area contributed by atoms with Crippen molar-refractivity contribution >= 4 is 27.9 Å². The van der Waals surface area contributed by atoms with Crippen molar-refractivity contribution in [3.63, 3.8) is 0 Å². The van der Waals surface area contributed by atoms with Gasteiger partial charge in [0.05, 0.1) is 0 Å². The maximum absolute atomic E-state index is 10.8. The fourth-order valence-electron chi connectivity index (χ4n) is 2.85. The highest BCUT2D eigenvalue weighted by Crippen LogP contribution is 2.34. The van der Waals surface area contributed by atoms with Crippen LogP contribution in [0.4, 0.5) is 4.79 Å². The van der Waals surface area contributed by atoms with Crippen LogP contribution in [0.1, 0.15) is 0 Å². The van der Waals surface area contributed by atoms with Gasteiger partial charge < -0.3 is 15.5 Å². The highest BCUT2D eigenvalue weighted by molar-refractivity contribution is 6.14. The first-order valence-electron chi connectivity index (χ1n) is 7.15. The minimum absolute atomic E-state index is 0.187. The van der Waals surface area contributed by atoms with Gasteiger partial charge in [0.15, 0.2) is 0 Å². The first-order chi connectivity index (χ1) is 11.2. The molecule has 5 nitrogen and oxygen atoms in total. The number of H-pyrrole nitrogens is 1. The van der Waals surface area contributed by atoms with Crippen LogP contribution in [0, 0.1) is 0 Å². The van der Waals surface area contributed by atoms with E-state index in [1.165, 1.54) is 0 Å². The lowest BCUT2D eigenvalue weighted by Crippen LogP contribution is -2.16. The number of rotatable bonds is 2. The number of amides is 1. The van der Waals surface area contributed by atoms with Crippen molar-refractivity contribution in [3.8, 4) is 17.0 Å². The lowest BCUT2D eigenvalue weighted by atomic mass is 10.0. The van der Waals surface area contributed by atoms with E-state index in [2.05, 4.69) is 28.2 Å². The number of carbonyl (C=O) groups is 1. The first kappa shape index (κ1) is 13.3. The summed E-state index contributed by atoms with van der Waals surface area (Å²) in [4.78, 5) is 18.3. The van der Waals surface area contributed by atoms with E-state index in [0.717, 1.165) is 32.9 Å². The summed E-state index contributed by atoms with van der Waals surface area (Å²) in [5.74, 6) is 0.187. The van der Waals surface area contributed by atoms with Gasteiger partial charge >= 0.3 is 6.09 Å². The molecule has 0 aliphatic carbocycles. The van der Waals surface area contributed by atoms with Crippen LogP contribution < -0.4 is 10.5 Å². The average Bonchev–Trinajstić information content (AvgIpc) is 2.93. The molecule has 3 N–H and O–H groups in total. The molecular formula is C18H13N3O2. The predicted molar refractivity (Wildman–Crippen MR) is 89.2 cm³/mol. The molecule has 2 heterocycles. The summed E-state index contributed by atoms with van der Waals surface area (Å²) in [7, 11) is 0. The molecule has 2 aromatic carbocycles. The molecule has 0 saturated carbocycles. The average molecular weight is 303 g/mol. The number of pyridine rings is 1. The van der Waals surface area contributed by atoms with Gasteiger partial charge in [-0.1, -0.05) is 30.3 Å². The van der Waals surface area contributed by atoms with Crippen molar-refractivity contribution in [2.24, 2.45) is 5.73 Å². The Bertz CT molecular complexity index is 1020. The molecule has 4 rings (SSSR count). The number of nitrogens with zero attached hydrogens (tertiary/aromatic N) is 1. The Hall–Kier alpha value is -3.34. The molecule has 0 atom stereocenters. The second-order valence-electron chi connectivity index (χ2n) is 5.20. The number of nitrogens with one attached hydrogen (secondary N) is 1. The smallest absolute Gasteiger partial charge is 0.391 e. The molecule has 0 radical (unpaired) electrons. The van der Waals surface area contributed by atoms with Crippen LogP contribution >= 0.6 is 0 Å². The van der Waals surface area contributed by atoms with Crippen LogP contribution in [-0.2, 0) is 0 Å². The minimum Gasteiger partial charge on any atom is -0.391 e. The molecule has 112 valence electrons. The summed E-state index contributed by atoms with van der Waals surface area (Å²) in [6.07, 6.45) is 0.804. The molecule has 0 spiro atoms. The van der Waals surface area contributed by atoms with Crippen LogP contribution in [0.15, 0.2) is 60.8 Å². The zero-order valence-electron chi connectivity index (χ0n) is 12.1. The third-order valence-corrected chi connectivity index (χ3v) is 3.78. The quantitative estimate of drug-likeness (QED) is 0.590. The van der Waals surface area contributed by atoms with Gasteiger partial charge in [-0.2, -0.15) is 0 Å². The van der Waals surface area contributed by atoms with E-state index in [4.69, 9.17) is 10.5 Å². The van der Waals surface area contributed by atoms with Crippen LogP contribution in [0.2, 0.25) is 0 Å². The van der Waals surface area contributed by atoms with Crippen molar-refractivity contribution in [1.29, 1.82) is 0 Å². The third-order valence-electron chi connectivity index (χ3n) is 3.78. The molecular weight excluding hydrogens is 290 g/mol. The molecule has 5 heteroatoms. The molecule has 4 aromatic rings. The minimum atomic E-state index is -0.871. The van der Waals surface area contributed by atoms with Crippen molar-refractivity contribution in [2.45, 2.75) is 0 Å². The Labute approximate surface area is 131 Å². The van der Waals surface area contributed by atoms with Gasteiger partial charge in [0.2, 0.25) is 5.88 Å². The normalized spacial score (nSPS) is 11.0. The zero-order chi connectivity index (χ0) is 15.8. The predicted octanol–water partition coefficient (Wildman–Crippen LogP) is 3.84. The standard InChI is InChI=1S/C18H13N3O2/c19-18(22)23-16-9-8-11(10-20-16)12-5-3-7-15-17(12)13-4-1-2-6-14(13)21-15/h1-10,21H,(H2,19,22). The van der Waals surface area contributed by atoms with Gasteiger partial charge in [-0.05, 0) is 23.8 Å². The zero-order valence-corrected chi connectivity index (χ0v) is 12.1. The fourth-order valence-corrected chi connectivity index (χ4v) is 2.85. The number of primary amides is 1. The second-order valence-corrected chi connectivity index (χ2v) is 5.20. The van der Waals surface area contributed by atoms with Gasteiger partial charge in [0.25, 0.3) is 0 Å². The van der Waals surface area contributed by atoms with E-state index in [-0.39, 0.29) is 5.88 Å². The fraction of sp³-hybridized carbons (Fsp3) is 0. The lowest BCUT2D eigenvalue weighted by Gasteiger charge is -2.05. The highest BCUT2D eigenvalue weighted by Gasteiger charge is 2.10. The number of para-hydroxylation sites is 1. The number of hydrogen-bond acceptors (Lipinski definition) is 3. The van der Waals surface area contributed by atoms with Gasteiger partial charge in [0.1, 0.15) is 0 Å². The van der Waals surface area contributed by atoms with Crippen molar-refractivity contribution in [1.82, 2.24) is 9.97 Å². The molecule has 0 fully saturated rings. The van der Waals surface area contributed by atoms with Crippen LogP contribution in [-0.4, -0.2) is 16.1 Å². The summed E-state index contributed by atoms with van der Waals surface area (Å²) >= 11 is 0. The van der Waals surface area contributed by atoms with Gasteiger partial charge in [-0.3, -0.25) is 0 Å². The van der Waals surface area contributed by atoms with Gasteiger partial charge in [0, 0.05) is 39.6 Å². The maximum atomic E-state index is 10.8. The van der Waals surface area contributed by atoms with Crippen LogP contribution in [0.25, 0.3) is 32.9 Å². The highest BCUT2D eigenvalue weighted by atomic mass is 16.6. The van der Waals surface area contributed by atoms with Crippen molar-refractivity contribution in [2.75, 3.05) is 0 Å². The van der Waals surface area contributed by atoms with Gasteiger partial charge in [-0.25, -0.2) is 9.78 Å². The Balaban J connectivity index is 1.90. The van der Waals surface area contributed by atoms with E-state index in [9.17, 15) is 4.79 Å². The number of nitrogens with two attached hydrogens (primary N) is 1. The molecule has 1 amide bonds. The SMILES string of the molecule is NC(=O)Oc1ccc(-c2cccc3[nH]c4ccccc4c23)cn1. The number of hydrogen-bond donors (Lipinski definition) is 2. The molecule has 0 saturated heterocycles. The molecule has 0 aliphatic heterocycles. The largest absolute Gasteiger partial charge is 0.411 e. The second kappa shape index (κ2) is 5.14. The lowest BCUT2D eigenvalue weighted by molar-refractivity contribution is 0.209. The number of ether oxygens (including phenoxy) is 1. The summed E-state index contributed by atoms with van der Waals surface area (Å²) in [6.45, 7) is 0. The van der Waals surface area contributed by atoms with Crippen molar-refractivity contribution < 1.29 is 9.53 Å². The number of benzene rings is 2. The van der Waals surface area contributed by atoms with E-state index in [0.29, 0.717) is 0 Å². The van der Waals surface area contributed by atoms with E-state index in [1.54, 1.807) is 12.3 Å². The summed E-state index contributed by atoms with van der Waals surface area (Å²) in [5.41, 5.74) is 9.17. The van der Waals surface area contributed by atoms with E-state index >= 15 is 0 Å². The number of aromatic amines is 1. The van der Waals surface area contributed by atoms with Crippen molar-refractivity contribution in [3.05, 3.63) is 60.8 Å². The number of aromatic nitrogens is 2. The summed E-state index contributed by atoms with van der Waals surface area (Å²) in [6, 6.07) is 17.8. The molecule has 2 aromatic heterocycles. The Morgan fingerprint density at radius 2 is 1.83 bits per heavy atom. The first-order valence-corrected chi connectivity index (χ1v) is 7.15. The van der Waals surface area contributed by atoms with Crippen LogP contribution in [0.5, 0.6) is 5.88 Å². The molecule has 0 unspecified atom stereocenters. The monoisotopic (exact) mass is 303 g/mol. The Morgan fingerprint density at radius 3 is 2.61 bits per heavy atom. The third kappa shape index (κ3) is 2.28. The Kier molecular flexibility index (Phi) is 2.98. The van der Waals surface area contributed by atoms with Crippen LogP contribution in [0.3, 0.4) is 0 Å². The Morgan fingerprint density at radius 1 is 1.00 bits per heavy atom. The molecule has 0 aliphatic rings. The maximum Gasteiger partial charge on any atom is 0.411 e. The van der Waals surface area contributed by atoms with E-state index in [1.807, 2.05) is 30.3 Å². The molecule has 23 heavy (non-hydrogen) atoms. The van der Waals surface area contributed by atoms with Gasteiger partial charge in [-0.15, -0.1) is 0 Å². The summed E-state index contributed by atoms with van der Waals surface area (Å²) in [5, 5.41) is 2.31. The molecule has 0 bridgehead atoms.